The Balaban J connectivity index is 2.79. The molecular formula is C16H6Cl4O4. The fourth-order valence-corrected chi connectivity index (χ4v) is 2.68. The maximum absolute atomic E-state index is 11.7. The minimum absolute atomic E-state index is 0.0963. The Morgan fingerprint density at radius 3 is 1.33 bits per heavy atom. The highest BCUT2D eigenvalue weighted by molar-refractivity contribution is 6.71. The monoisotopic (exact) mass is 402 g/mol. The summed E-state index contributed by atoms with van der Waals surface area (Å²) in [7, 11) is 0. The van der Waals surface area contributed by atoms with Gasteiger partial charge >= 0.3 is 0 Å². The van der Waals surface area contributed by atoms with Crippen molar-refractivity contribution in [2.24, 2.45) is 0 Å². The zero-order chi connectivity index (χ0) is 18.0. The first-order chi connectivity index (χ1) is 11.2. The van der Waals surface area contributed by atoms with Crippen molar-refractivity contribution in [2.45, 2.75) is 0 Å². The van der Waals surface area contributed by atoms with Crippen molar-refractivity contribution in [3.8, 4) is 11.1 Å². The molecule has 0 saturated heterocycles. The van der Waals surface area contributed by atoms with Crippen LogP contribution in [0, 0.1) is 0 Å². The molecule has 0 heterocycles. The summed E-state index contributed by atoms with van der Waals surface area (Å²) in [6.45, 7) is 0. The number of carbonyl (C=O) groups excluding carboxylic acids is 4. The molecule has 0 atom stereocenters. The summed E-state index contributed by atoms with van der Waals surface area (Å²) in [4.78, 5) is 46.0. The van der Waals surface area contributed by atoms with Crippen LogP contribution in [-0.2, 0) is 0 Å². The summed E-state index contributed by atoms with van der Waals surface area (Å²) in [6.07, 6.45) is 0. The van der Waals surface area contributed by atoms with E-state index >= 15 is 0 Å². The highest BCUT2D eigenvalue weighted by Crippen LogP contribution is 2.32. The van der Waals surface area contributed by atoms with Crippen LogP contribution in [0.5, 0.6) is 0 Å². The van der Waals surface area contributed by atoms with Gasteiger partial charge in [-0.2, -0.15) is 0 Å². The third-order valence-corrected chi connectivity index (χ3v) is 4.03. The zero-order valence-corrected chi connectivity index (χ0v) is 14.6. The molecule has 2 aromatic rings. The Hall–Kier alpha value is -1.72. The highest BCUT2D eigenvalue weighted by Gasteiger charge is 2.22. The van der Waals surface area contributed by atoms with Crippen LogP contribution in [-0.4, -0.2) is 21.0 Å². The quantitative estimate of drug-likeness (QED) is 0.667. The molecule has 0 radical (unpaired) electrons. The van der Waals surface area contributed by atoms with E-state index in [-0.39, 0.29) is 27.8 Å². The number of hydrogen-bond donors (Lipinski definition) is 0. The molecule has 0 spiro atoms. The van der Waals surface area contributed by atoms with Crippen molar-refractivity contribution >= 4 is 67.4 Å². The number of halogens is 4. The van der Waals surface area contributed by atoms with Crippen LogP contribution in [0.15, 0.2) is 36.4 Å². The Labute approximate surface area is 156 Å². The Morgan fingerprint density at radius 1 is 0.583 bits per heavy atom. The largest absolute Gasteiger partial charge is 0.276 e. The van der Waals surface area contributed by atoms with Crippen molar-refractivity contribution in [3.05, 3.63) is 58.7 Å². The molecule has 0 aliphatic carbocycles. The van der Waals surface area contributed by atoms with E-state index in [0.717, 1.165) is 0 Å². The lowest BCUT2D eigenvalue weighted by Gasteiger charge is -2.12. The molecule has 0 unspecified atom stereocenters. The first-order valence-electron chi connectivity index (χ1n) is 6.30. The molecule has 0 N–H and O–H groups in total. The molecule has 2 aromatic carbocycles. The summed E-state index contributed by atoms with van der Waals surface area (Å²) in [6, 6.07) is 8.11. The SMILES string of the molecule is O=C(Cl)c1ccc(-c2c(C(=O)Cl)cc(C(=O)Cl)cc2C(=O)Cl)cc1. The van der Waals surface area contributed by atoms with Crippen molar-refractivity contribution in [1.82, 2.24) is 0 Å². The molecular weight excluding hydrogens is 398 g/mol. The fourth-order valence-electron chi connectivity index (χ4n) is 2.14. The summed E-state index contributed by atoms with van der Waals surface area (Å²) in [5.74, 6) is 0. The first-order valence-corrected chi connectivity index (χ1v) is 7.81. The third-order valence-electron chi connectivity index (χ3n) is 3.19. The number of rotatable bonds is 5. The van der Waals surface area contributed by atoms with Crippen molar-refractivity contribution in [2.75, 3.05) is 0 Å². The first kappa shape index (κ1) is 18.6. The molecule has 8 heteroatoms. The molecule has 0 aliphatic rings. The van der Waals surface area contributed by atoms with Gasteiger partial charge in [-0.15, -0.1) is 0 Å². The number of carbonyl (C=O) groups is 4. The standard InChI is InChI=1S/C16H6Cl4O4/c17-13(21)8-3-1-7(2-4-8)12-10(15(19)23)5-9(14(18)22)6-11(12)16(20)24/h1-6H. The van der Waals surface area contributed by atoms with Crippen molar-refractivity contribution in [1.29, 1.82) is 0 Å². The highest BCUT2D eigenvalue weighted by atomic mass is 35.5. The predicted molar refractivity (Wildman–Crippen MR) is 92.6 cm³/mol. The minimum Gasteiger partial charge on any atom is -0.276 e. The molecule has 122 valence electrons. The maximum Gasteiger partial charge on any atom is 0.253 e. The summed E-state index contributed by atoms with van der Waals surface area (Å²) in [5.41, 5.74) is 0.421. The van der Waals surface area contributed by atoms with E-state index in [9.17, 15) is 19.2 Å². The zero-order valence-electron chi connectivity index (χ0n) is 11.6. The van der Waals surface area contributed by atoms with Gasteiger partial charge < -0.3 is 0 Å². The van der Waals surface area contributed by atoms with E-state index in [1.807, 2.05) is 0 Å². The lowest BCUT2D eigenvalue weighted by molar-refractivity contribution is 0.106. The van der Waals surface area contributed by atoms with Crippen LogP contribution in [0.3, 0.4) is 0 Å². The summed E-state index contributed by atoms with van der Waals surface area (Å²) >= 11 is 21.9. The van der Waals surface area contributed by atoms with Crippen LogP contribution < -0.4 is 0 Å². The Kier molecular flexibility index (Phi) is 5.78. The van der Waals surface area contributed by atoms with Gasteiger partial charge in [0.2, 0.25) is 0 Å². The normalized spacial score (nSPS) is 10.3. The Morgan fingerprint density at radius 2 is 1.00 bits per heavy atom. The molecule has 0 aromatic heterocycles. The van der Waals surface area contributed by atoms with Crippen molar-refractivity contribution < 1.29 is 19.2 Å². The van der Waals surface area contributed by atoms with Gasteiger partial charge in [-0.25, -0.2) is 0 Å². The van der Waals surface area contributed by atoms with E-state index in [2.05, 4.69) is 0 Å². The molecule has 2 rings (SSSR count). The fraction of sp³-hybridized carbons (Fsp3) is 0. The maximum atomic E-state index is 11.7. The second-order valence-electron chi connectivity index (χ2n) is 4.62. The minimum atomic E-state index is -0.901. The molecule has 0 aliphatic heterocycles. The van der Waals surface area contributed by atoms with Crippen LogP contribution in [0.25, 0.3) is 11.1 Å². The van der Waals surface area contributed by atoms with Crippen LogP contribution in [0.2, 0.25) is 0 Å². The van der Waals surface area contributed by atoms with Crippen LogP contribution >= 0.6 is 46.4 Å². The summed E-state index contributed by atoms with van der Waals surface area (Å²) < 4.78 is 0. The topological polar surface area (TPSA) is 68.3 Å². The van der Waals surface area contributed by atoms with E-state index < -0.39 is 21.0 Å². The van der Waals surface area contributed by atoms with Gasteiger partial charge in [-0.05, 0) is 76.2 Å². The smallest absolute Gasteiger partial charge is 0.253 e. The van der Waals surface area contributed by atoms with E-state index in [1.165, 1.54) is 36.4 Å². The van der Waals surface area contributed by atoms with Gasteiger partial charge in [0.05, 0.1) is 0 Å². The van der Waals surface area contributed by atoms with Gasteiger partial charge in [0.25, 0.3) is 21.0 Å². The third kappa shape index (κ3) is 3.84. The molecule has 0 saturated carbocycles. The average molecular weight is 404 g/mol. The average Bonchev–Trinajstić information content (AvgIpc) is 2.53. The van der Waals surface area contributed by atoms with Gasteiger partial charge in [-0.1, -0.05) is 12.1 Å². The summed E-state index contributed by atoms with van der Waals surface area (Å²) in [5, 5.41) is -3.34. The second kappa shape index (κ2) is 7.45. The molecule has 0 amide bonds. The number of benzene rings is 2. The molecule has 24 heavy (non-hydrogen) atoms. The lowest BCUT2D eigenvalue weighted by atomic mass is 9.92. The van der Waals surface area contributed by atoms with Gasteiger partial charge in [0, 0.05) is 27.8 Å². The van der Waals surface area contributed by atoms with E-state index in [1.54, 1.807) is 0 Å². The molecule has 0 fully saturated rings. The predicted octanol–water partition coefficient (Wildman–Crippen LogP) is 4.87. The number of hydrogen-bond acceptors (Lipinski definition) is 4. The molecule has 4 nitrogen and oxygen atoms in total. The van der Waals surface area contributed by atoms with Gasteiger partial charge in [0.15, 0.2) is 0 Å². The molecule has 0 bridgehead atoms. The second-order valence-corrected chi connectivity index (χ2v) is 5.99. The van der Waals surface area contributed by atoms with E-state index in [4.69, 9.17) is 46.4 Å². The van der Waals surface area contributed by atoms with E-state index in [0.29, 0.717) is 5.56 Å². The van der Waals surface area contributed by atoms with Gasteiger partial charge in [-0.3, -0.25) is 19.2 Å². The van der Waals surface area contributed by atoms with Gasteiger partial charge in [0.1, 0.15) is 0 Å². The lowest BCUT2D eigenvalue weighted by Crippen LogP contribution is -2.05. The van der Waals surface area contributed by atoms with Crippen LogP contribution in [0.1, 0.15) is 41.4 Å². The van der Waals surface area contributed by atoms with Crippen LogP contribution in [0.4, 0.5) is 0 Å². The Bertz CT molecular complexity index is 837. The van der Waals surface area contributed by atoms with Crippen molar-refractivity contribution in [3.63, 3.8) is 0 Å².